The Hall–Kier alpha value is -1.21. The molecule has 142 valence electrons. The molecule has 7 heteroatoms. The Balaban J connectivity index is 1.44. The molecular weight excluding hydrogens is 326 g/mol. The van der Waals surface area contributed by atoms with Crippen molar-refractivity contribution in [2.45, 2.75) is 76.0 Å². The zero-order chi connectivity index (χ0) is 17.7. The van der Waals surface area contributed by atoms with Gasteiger partial charge in [-0.05, 0) is 25.7 Å². The van der Waals surface area contributed by atoms with Gasteiger partial charge in [-0.2, -0.15) is 0 Å². The minimum atomic E-state index is -0.579. The van der Waals surface area contributed by atoms with Crippen LogP contribution in [0.25, 0.3) is 0 Å². The van der Waals surface area contributed by atoms with Crippen LogP contribution < -0.4 is 0 Å². The molecule has 0 atom stereocenters. The minimum Gasteiger partial charge on any atom is -0.465 e. The van der Waals surface area contributed by atoms with Gasteiger partial charge >= 0.3 is 5.97 Å². The average Bonchev–Trinajstić information content (AvgIpc) is 3.12. The predicted octanol–water partition coefficient (Wildman–Crippen LogP) is 3.08. The predicted molar refractivity (Wildman–Crippen MR) is 89.5 cm³/mol. The fourth-order valence-electron chi connectivity index (χ4n) is 4.53. The van der Waals surface area contributed by atoms with Crippen molar-refractivity contribution >= 4 is 5.97 Å². The molecule has 2 aliphatic carbocycles. The van der Waals surface area contributed by atoms with E-state index in [1.807, 2.05) is 0 Å². The lowest BCUT2D eigenvalue weighted by atomic mass is 9.81. The third-order valence-electron chi connectivity index (χ3n) is 6.03. The monoisotopic (exact) mass is 355 g/mol. The maximum atomic E-state index is 12.3. The molecule has 25 heavy (non-hydrogen) atoms. The van der Waals surface area contributed by atoms with Crippen LogP contribution in [0.2, 0.25) is 0 Å². The summed E-state index contributed by atoms with van der Waals surface area (Å²) >= 11 is 0. The quantitative estimate of drug-likeness (QED) is 0.413. The number of rotatable bonds is 6. The summed E-state index contributed by atoms with van der Waals surface area (Å²) in [6.45, 7) is 1.51. The SMILES string of the molecule is O=C(OCCC1(C2CCCCC2)OCCO1)C1CCC([N+](=O)[O-])CC1. The largest absolute Gasteiger partial charge is 0.465 e. The highest BCUT2D eigenvalue weighted by Crippen LogP contribution is 2.40. The number of ether oxygens (including phenoxy) is 3. The van der Waals surface area contributed by atoms with Gasteiger partial charge in [0.2, 0.25) is 6.04 Å². The fraction of sp³-hybridized carbons (Fsp3) is 0.944. The Labute approximate surface area is 148 Å². The molecule has 1 aliphatic heterocycles. The van der Waals surface area contributed by atoms with E-state index in [9.17, 15) is 14.9 Å². The van der Waals surface area contributed by atoms with Crippen LogP contribution in [0.3, 0.4) is 0 Å². The van der Waals surface area contributed by atoms with Crippen LogP contribution in [-0.4, -0.2) is 42.5 Å². The van der Waals surface area contributed by atoms with Crippen LogP contribution in [0, 0.1) is 22.0 Å². The third kappa shape index (κ3) is 4.50. The number of hydrogen-bond donors (Lipinski definition) is 0. The number of carbonyl (C=O) groups excluding carboxylic acids is 1. The van der Waals surface area contributed by atoms with Crippen molar-refractivity contribution < 1.29 is 23.9 Å². The first kappa shape index (κ1) is 18.6. The van der Waals surface area contributed by atoms with Crippen LogP contribution in [0.15, 0.2) is 0 Å². The number of nitrogens with zero attached hydrogens (tertiary/aromatic N) is 1. The van der Waals surface area contributed by atoms with Crippen LogP contribution in [0.5, 0.6) is 0 Å². The summed E-state index contributed by atoms with van der Waals surface area (Å²) in [5.41, 5.74) is 0. The minimum absolute atomic E-state index is 0.202. The molecule has 0 aromatic carbocycles. The van der Waals surface area contributed by atoms with Crippen molar-refractivity contribution in [2.24, 2.45) is 11.8 Å². The molecule has 0 unspecified atom stereocenters. The van der Waals surface area contributed by atoms with Crippen LogP contribution >= 0.6 is 0 Å². The molecule has 0 spiro atoms. The van der Waals surface area contributed by atoms with Gasteiger partial charge in [0.15, 0.2) is 5.79 Å². The number of carbonyl (C=O) groups is 1. The van der Waals surface area contributed by atoms with Gasteiger partial charge in [-0.1, -0.05) is 19.3 Å². The van der Waals surface area contributed by atoms with E-state index >= 15 is 0 Å². The van der Waals surface area contributed by atoms with E-state index < -0.39 is 11.8 Å². The molecular formula is C18H29NO6. The number of nitro groups is 1. The molecule has 0 amide bonds. The van der Waals surface area contributed by atoms with E-state index in [2.05, 4.69) is 0 Å². The third-order valence-corrected chi connectivity index (χ3v) is 6.03. The molecule has 0 aromatic rings. The van der Waals surface area contributed by atoms with E-state index in [0.29, 0.717) is 57.8 Å². The van der Waals surface area contributed by atoms with E-state index in [1.54, 1.807) is 0 Å². The molecule has 0 bridgehead atoms. The Morgan fingerprint density at radius 3 is 2.28 bits per heavy atom. The molecule has 0 N–H and O–H groups in total. The topological polar surface area (TPSA) is 87.9 Å². The molecule has 1 saturated heterocycles. The molecule has 3 aliphatic rings. The van der Waals surface area contributed by atoms with Crippen molar-refractivity contribution in [3.63, 3.8) is 0 Å². The van der Waals surface area contributed by atoms with Crippen molar-refractivity contribution in [2.75, 3.05) is 19.8 Å². The van der Waals surface area contributed by atoms with Gasteiger partial charge in [-0.15, -0.1) is 0 Å². The van der Waals surface area contributed by atoms with Gasteiger partial charge in [-0.25, -0.2) is 0 Å². The van der Waals surface area contributed by atoms with Gasteiger partial charge in [0, 0.05) is 30.1 Å². The first-order valence-corrected chi connectivity index (χ1v) is 9.69. The Morgan fingerprint density at radius 2 is 1.68 bits per heavy atom. The highest BCUT2D eigenvalue weighted by molar-refractivity contribution is 5.72. The van der Waals surface area contributed by atoms with E-state index in [-0.39, 0.29) is 16.8 Å². The van der Waals surface area contributed by atoms with Crippen molar-refractivity contribution in [1.29, 1.82) is 0 Å². The summed E-state index contributed by atoms with van der Waals surface area (Å²) in [5, 5.41) is 10.8. The summed E-state index contributed by atoms with van der Waals surface area (Å²) < 4.78 is 17.4. The van der Waals surface area contributed by atoms with E-state index in [4.69, 9.17) is 14.2 Å². The van der Waals surface area contributed by atoms with Gasteiger partial charge in [0.1, 0.15) is 0 Å². The highest BCUT2D eigenvalue weighted by atomic mass is 16.7. The zero-order valence-electron chi connectivity index (χ0n) is 14.8. The smallest absolute Gasteiger partial charge is 0.308 e. The molecule has 7 nitrogen and oxygen atoms in total. The first-order valence-electron chi connectivity index (χ1n) is 9.69. The summed E-state index contributed by atoms with van der Waals surface area (Å²) in [7, 11) is 0. The number of esters is 1. The second-order valence-corrected chi connectivity index (χ2v) is 7.55. The lowest BCUT2D eigenvalue weighted by Crippen LogP contribution is -2.42. The van der Waals surface area contributed by atoms with Crippen LogP contribution in [-0.2, 0) is 19.0 Å². The van der Waals surface area contributed by atoms with E-state index in [1.165, 1.54) is 19.3 Å². The molecule has 3 rings (SSSR count). The van der Waals surface area contributed by atoms with Gasteiger partial charge in [0.25, 0.3) is 0 Å². The lowest BCUT2D eigenvalue weighted by Gasteiger charge is -2.37. The Morgan fingerprint density at radius 1 is 1.04 bits per heavy atom. The normalized spacial score (nSPS) is 30.1. The molecule has 1 heterocycles. The number of hydrogen-bond acceptors (Lipinski definition) is 6. The Kier molecular flexibility index (Phi) is 6.28. The summed E-state index contributed by atoms with van der Waals surface area (Å²) in [6, 6.07) is -0.501. The average molecular weight is 355 g/mol. The summed E-state index contributed by atoms with van der Waals surface area (Å²) in [5.74, 6) is -0.618. The van der Waals surface area contributed by atoms with Gasteiger partial charge < -0.3 is 14.2 Å². The van der Waals surface area contributed by atoms with Gasteiger partial charge in [0.05, 0.1) is 25.7 Å². The zero-order valence-corrected chi connectivity index (χ0v) is 14.8. The standard InChI is InChI=1S/C18H29NO6/c20-17(14-6-8-16(9-7-14)19(21)22)23-11-10-18(24-12-13-25-18)15-4-2-1-3-5-15/h14-16H,1-13H2. The second kappa shape index (κ2) is 8.45. The highest BCUT2D eigenvalue weighted by Gasteiger charge is 2.44. The van der Waals surface area contributed by atoms with Gasteiger partial charge in [-0.3, -0.25) is 14.9 Å². The summed E-state index contributed by atoms with van der Waals surface area (Å²) in [4.78, 5) is 22.8. The Bertz CT molecular complexity index is 462. The van der Waals surface area contributed by atoms with Crippen molar-refractivity contribution in [3.05, 3.63) is 10.1 Å². The molecule has 2 saturated carbocycles. The lowest BCUT2D eigenvalue weighted by molar-refractivity contribution is -0.526. The molecule has 3 fully saturated rings. The van der Waals surface area contributed by atoms with Crippen LogP contribution in [0.4, 0.5) is 0 Å². The van der Waals surface area contributed by atoms with Crippen LogP contribution in [0.1, 0.15) is 64.2 Å². The second-order valence-electron chi connectivity index (χ2n) is 7.55. The first-order chi connectivity index (χ1) is 12.1. The fourth-order valence-corrected chi connectivity index (χ4v) is 4.53. The maximum Gasteiger partial charge on any atom is 0.308 e. The van der Waals surface area contributed by atoms with Crippen molar-refractivity contribution in [1.82, 2.24) is 0 Å². The maximum absolute atomic E-state index is 12.3. The molecule has 0 radical (unpaired) electrons. The van der Waals surface area contributed by atoms with Crippen molar-refractivity contribution in [3.8, 4) is 0 Å². The van der Waals surface area contributed by atoms with E-state index in [0.717, 1.165) is 12.8 Å². The molecule has 0 aromatic heterocycles. The summed E-state index contributed by atoms with van der Waals surface area (Å²) in [6.07, 6.45) is 8.50.